The molecule has 1 atom stereocenters. The third-order valence-corrected chi connectivity index (χ3v) is 4.62. The van der Waals surface area contributed by atoms with Crippen molar-refractivity contribution in [2.45, 2.75) is 20.8 Å². The molecule has 2 aromatic carbocycles. The van der Waals surface area contributed by atoms with E-state index in [2.05, 4.69) is 10.6 Å². The lowest BCUT2D eigenvalue weighted by Crippen LogP contribution is -3.11. The predicted octanol–water partition coefficient (Wildman–Crippen LogP) is 2.27. The molecule has 0 saturated carbocycles. The summed E-state index contributed by atoms with van der Waals surface area (Å²) < 4.78 is 0. The molecule has 8 nitrogen and oxygen atoms in total. The molecule has 0 aliphatic heterocycles. The third kappa shape index (κ3) is 6.27. The maximum Gasteiger partial charge on any atom is 0.279 e. The summed E-state index contributed by atoms with van der Waals surface area (Å²) in [6.07, 6.45) is 0. The van der Waals surface area contributed by atoms with E-state index in [1.54, 1.807) is 7.05 Å². The number of carbonyl (C=O) groups excluding carboxylic acids is 2. The first-order valence-electron chi connectivity index (χ1n) is 8.99. The van der Waals surface area contributed by atoms with Crippen LogP contribution in [-0.4, -0.2) is 36.9 Å². The van der Waals surface area contributed by atoms with E-state index in [9.17, 15) is 19.7 Å². The summed E-state index contributed by atoms with van der Waals surface area (Å²) in [5.74, 6) is -0.549. The minimum atomic E-state index is -0.564. The topological polar surface area (TPSA) is 106 Å². The van der Waals surface area contributed by atoms with Crippen LogP contribution in [0.15, 0.2) is 30.3 Å². The Kier molecular flexibility index (Phi) is 7.30. The van der Waals surface area contributed by atoms with Crippen LogP contribution in [-0.2, 0) is 9.59 Å². The molecule has 1 unspecified atom stereocenters. The van der Waals surface area contributed by atoms with Crippen LogP contribution >= 0.6 is 11.6 Å². The summed E-state index contributed by atoms with van der Waals surface area (Å²) in [5, 5.41) is 16.3. The summed E-state index contributed by atoms with van der Waals surface area (Å²) in [5.41, 5.74) is 4.01. The van der Waals surface area contributed by atoms with E-state index in [1.165, 1.54) is 18.2 Å². The zero-order valence-corrected chi connectivity index (χ0v) is 17.5. The molecular weight excluding hydrogens is 396 g/mol. The number of aryl methyl sites for hydroxylation is 3. The van der Waals surface area contributed by atoms with Gasteiger partial charge in [-0.05, 0) is 38.0 Å². The van der Waals surface area contributed by atoms with Crippen molar-refractivity contribution >= 4 is 40.5 Å². The highest BCUT2D eigenvalue weighted by atomic mass is 35.5. The predicted molar refractivity (Wildman–Crippen MR) is 113 cm³/mol. The molecule has 154 valence electrons. The van der Waals surface area contributed by atoms with Crippen LogP contribution in [0.4, 0.5) is 17.1 Å². The number of anilines is 2. The molecule has 0 heterocycles. The van der Waals surface area contributed by atoms with Gasteiger partial charge in [0.25, 0.3) is 17.5 Å². The normalized spacial score (nSPS) is 11.6. The van der Waals surface area contributed by atoms with Crippen LogP contribution < -0.4 is 15.5 Å². The highest BCUT2D eigenvalue weighted by Crippen LogP contribution is 2.26. The molecule has 0 aliphatic carbocycles. The lowest BCUT2D eigenvalue weighted by molar-refractivity contribution is -0.862. The van der Waals surface area contributed by atoms with Crippen LogP contribution in [0.2, 0.25) is 5.02 Å². The van der Waals surface area contributed by atoms with Crippen LogP contribution in [0.1, 0.15) is 16.7 Å². The van der Waals surface area contributed by atoms with Gasteiger partial charge in [0.05, 0.1) is 22.7 Å². The SMILES string of the molecule is Cc1cc(C)c(NC(=O)C[NH+](C)CC(=O)Nc2ccc([N+](=O)[O-])cc2Cl)c(C)c1. The van der Waals surface area contributed by atoms with E-state index in [0.717, 1.165) is 22.4 Å². The average Bonchev–Trinajstić information content (AvgIpc) is 2.59. The smallest absolute Gasteiger partial charge is 0.279 e. The van der Waals surface area contributed by atoms with E-state index in [-0.39, 0.29) is 41.3 Å². The Bertz CT molecular complexity index is 938. The van der Waals surface area contributed by atoms with E-state index < -0.39 is 4.92 Å². The molecule has 0 aliphatic rings. The number of nitro groups is 1. The van der Waals surface area contributed by atoms with Crippen molar-refractivity contribution in [2.24, 2.45) is 0 Å². The van der Waals surface area contributed by atoms with Gasteiger partial charge in [-0.2, -0.15) is 0 Å². The van der Waals surface area contributed by atoms with Gasteiger partial charge in [-0.15, -0.1) is 0 Å². The average molecular weight is 420 g/mol. The fourth-order valence-electron chi connectivity index (χ4n) is 3.08. The number of benzene rings is 2. The molecule has 9 heteroatoms. The van der Waals surface area contributed by atoms with Gasteiger partial charge in [-0.3, -0.25) is 19.7 Å². The summed E-state index contributed by atoms with van der Waals surface area (Å²) in [4.78, 5) is 35.4. The van der Waals surface area contributed by atoms with E-state index >= 15 is 0 Å². The number of hydrogen-bond acceptors (Lipinski definition) is 4. The molecule has 0 bridgehead atoms. The number of non-ortho nitro benzene ring substituents is 1. The zero-order chi connectivity index (χ0) is 21.7. The number of hydrogen-bond donors (Lipinski definition) is 3. The molecule has 0 fully saturated rings. The van der Waals surface area contributed by atoms with Crippen molar-refractivity contribution in [1.29, 1.82) is 0 Å². The Hall–Kier alpha value is -2.97. The van der Waals surface area contributed by atoms with Crippen LogP contribution in [0.3, 0.4) is 0 Å². The quantitative estimate of drug-likeness (QED) is 0.472. The van der Waals surface area contributed by atoms with Crippen LogP contribution in [0, 0.1) is 30.9 Å². The van der Waals surface area contributed by atoms with E-state index in [0.29, 0.717) is 4.90 Å². The molecule has 0 radical (unpaired) electrons. The number of carbonyl (C=O) groups is 2. The number of halogens is 1. The van der Waals surface area contributed by atoms with Crippen molar-refractivity contribution in [1.82, 2.24) is 0 Å². The highest BCUT2D eigenvalue weighted by Gasteiger charge is 2.17. The van der Waals surface area contributed by atoms with Crippen molar-refractivity contribution < 1.29 is 19.4 Å². The molecule has 3 N–H and O–H groups in total. The van der Waals surface area contributed by atoms with Gasteiger partial charge in [-0.25, -0.2) is 0 Å². The molecule has 0 saturated heterocycles. The number of amides is 2. The maximum atomic E-state index is 12.4. The van der Waals surface area contributed by atoms with Crippen LogP contribution in [0.5, 0.6) is 0 Å². The Morgan fingerprint density at radius 2 is 1.59 bits per heavy atom. The number of quaternary nitrogens is 1. The van der Waals surface area contributed by atoms with E-state index in [1.807, 2.05) is 32.9 Å². The Morgan fingerprint density at radius 3 is 2.10 bits per heavy atom. The van der Waals surface area contributed by atoms with Gasteiger partial charge in [-0.1, -0.05) is 29.3 Å². The lowest BCUT2D eigenvalue weighted by Gasteiger charge is -2.16. The molecule has 2 amide bonds. The summed E-state index contributed by atoms with van der Waals surface area (Å²) >= 11 is 5.98. The highest BCUT2D eigenvalue weighted by molar-refractivity contribution is 6.34. The number of likely N-dealkylation sites (N-methyl/N-ethyl adjacent to an activating group) is 1. The fraction of sp³-hybridized carbons (Fsp3) is 0.300. The van der Waals surface area contributed by atoms with Gasteiger partial charge in [0.1, 0.15) is 0 Å². The Labute approximate surface area is 174 Å². The number of rotatable bonds is 7. The third-order valence-electron chi connectivity index (χ3n) is 4.30. The van der Waals surface area contributed by atoms with Crippen molar-refractivity contribution in [2.75, 3.05) is 30.8 Å². The number of nitrogens with zero attached hydrogens (tertiary/aromatic N) is 1. The second-order valence-corrected chi connectivity index (χ2v) is 7.51. The fourth-order valence-corrected chi connectivity index (χ4v) is 3.31. The minimum absolute atomic E-state index is 0.0343. The van der Waals surface area contributed by atoms with Crippen molar-refractivity contribution in [3.8, 4) is 0 Å². The maximum absolute atomic E-state index is 12.4. The summed E-state index contributed by atoms with van der Waals surface area (Å²) in [6.45, 7) is 6.02. The van der Waals surface area contributed by atoms with Crippen molar-refractivity contribution in [3.05, 3.63) is 62.2 Å². The van der Waals surface area contributed by atoms with Gasteiger partial charge in [0.15, 0.2) is 13.1 Å². The zero-order valence-electron chi connectivity index (χ0n) is 16.8. The van der Waals surface area contributed by atoms with Crippen LogP contribution in [0.25, 0.3) is 0 Å². The second kappa shape index (κ2) is 9.49. The second-order valence-electron chi connectivity index (χ2n) is 7.10. The van der Waals surface area contributed by atoms with Gasteiger partial charge in [0, 0.05) is 17.8 Å². The standard InChI is InChI=1S/C20H23ClN4O4/c1-12-7-13(2)20(14(3)8-12)23-19(27)11-24(4)10-18(26)22-17-6-5-15(25(28)29)9-16(17)21/h5-9H,10-11H2,1-4H3,(H,22,26)(H,23,27)/p+1. The largest absolute Gasteiger partial charge is 0.322 e. The van der Waals surface area contributed by atoms with Crippen molar-refractivity contribution in [3.63, 3.8) is 0 Å². The first-order valence-corrected chi connectivity index (χ1v) is 9.37. The van der Waals surface area contributed by atoms with Gasteiger partial charge >= 0.3 is 0 Å². The first kappa shape index (κ1) is 22.3. The Morgan fingerprint density at radius 1 is 1.03 bits per heavy atom. The number of nitrogens with one attached hydrogen (secondary N) is 3. The van der Waals surface area contributed by atoms with Gasteiger partial charge in [0.2, 0.25) is 0 Å². The molecule has 0 aromatic heterocycles. The minimum Gasteiger partial charge on any atom is -0.322 e. The number of nitro benzene ring substituents is 1. The molecular formula is C20H24ClN4O4+. The molecule has 2 rings (SSSR count). The first-order chi connectivity index (χ1) is 13.6. The molecule has 0 spiro atoms. The van der Waals surface area contributed by atoms with Gasteiger partial charge < -0.3 is 15.5 Å². The Balaban J connectivity index is 1.92. The summed E-state index contributed by atoms with van der Waals surface area (Å²) in [7, 11) is 1.73. The van der Waals surface area contributed by atoms with E-state index in [4.69, 9.17) is 11.6 Å². The monoisotopic (exact) mass is 419 g/mol. The summed E-state index contributed by atoms with van der Waals surface area (Å²) in [6, 6.07) is 7.82. The lowest BCUT2D eigenvalue weighted by atomic mass is 10.1. The molecule has 29 heavy (non-hydrogen) atoms. The molecule has 2 aromatic rings.